The fraction of sp³-hybridized carbons (Fsp3) is 0.261. The molecule has 0 radical (unpaired) electrons. The van der Waals surface area contributed by atoms with Gasteiger partial charge < -0.3 is 9.72 Å². The number of rotatable bonds is 6. The van der Waals surface area contributed by atoms with Crippen LogP contribution in [0.25, 0.3) is 11.0 Å². The van der Waals surface area contributed by atoms with E-state index in [1.54, 1.807) is 7.11 Å². The zero-order chi connectivity index (χ0) is 22.0. The Kier molecular flexibility index (Phi) is 5.63. The second-order valence-corrected chi connectivity index (χ2v) is 7.44. The minimum Gasteiger partial charge on any atom is -0.495 e. The van der Waals surface area contributed by atoms with E-state index in [1.807, 2.05) is 31.6 Å². The van der Waals surface area contributed by atoms with Gasteiger partial charge in [-0.15, -0.1) is 0 Å². The fourth-order valence-electron chi connectivity index (χ4n) is 3.51. The van der Waals surface area contributed by atoms with Crippen molar-refractivity contribution < 1.29 is 17.9 Å². The van der Waals surface area contributed by atoms with E-state index in [0.29, 0.717) is 30.6 Å². The van der Waals surface area contributed by atoms with Crippen molar-refractivity contribution in [3.8, 4) is 5.75 Å². The number of aryl methyl sites for hydroxylation is 3. The molecule has 0 saturated heterocycles. The van der Waals surface area contributed by atoms with Gasteiger partial charge in [0.15, 0.2) is 0 Å². The van der Waals surface area contributed by atoms with Crippen molar-refractivity contribution in [1.82, 2.24) is 19.9 Å². The summed E-state index contributed by atoms with van der Waals surface area (Å²) in [6, 6.07) is 6.51. The number of methoxy groups -OCH3 is 1. The number of hydrogen-bond donors (Lipinski definition) is 1. The number of hydrogen-bond acceptors (Lipinski definition) is 4. The molecule has 0 aromatic carbocycles. The molecule has 1 N–H and O–H groups in total. The van der Waals surface area contributed by atoms with Crippen LogP contribution >= 0.6 is 0 Å². The first-order chi connectivity index (χ1) is 14.8. The highest BCUT2D eigenvalue weighted by molar-refractivity contribution is 5.80. The molecule has 0 spiro atoms. The van der Waals surface area contributed by atoms with Gasteiger partial charge in [0.05, 0.1) is 12.8 Å². The van der Waals surface area contributed by atoms with Gasteiger partial charge in [-0.25, -0.2) is 4.98 Å². The third-order valence-corrected chi connectivity index (χ3v) is 5.12. The number of ether oxygens (including phenoxy) is 1. The summed E-state index contributed by atoms with van der Waals surface area (Å²) in [4.78, 5) is 15.6. The monoisotopic (exact) mass is 426 g/mol. The molecular weight excluding hydrogens is 405 g/mol. The molecule has 8 heteroatoms. The van der Waals surface area contributed by atoms with E-state index >= 15 is 0 Å². The van der Waals surface area contributed by atoms with E-state index in [0.717, 1.165) is 39.5 Å². The average molecular weight is 426 g/mol. The van der Waals surface area contributed by atoms with Crippen molar-refractivity contribution in [3.63, 3.8) is 0 Å². The topological polar surface area (TPSA) is 63.7 Å². The molecular formula is C23H21F3N4O. The van der Waals surface area contributed by atoms with Gasteiger partial charge in [0.25, 0.3) is 0 Å². The van der Waals surface area contributed by atoms with Crippen molar-refractivity contribution in [1.29, 1.82) is 0 Å². The minimum atomic E-state index is -4.43. The van der Waals surface area contributed by atoms with Crippen molar-refractivity contribution in [3.05, 3.63) is 82.7 Å². The predicted molar refractivity (Wildman–Crippen MR) is 111 cm³/mol. The molecule has 4 rings (SSSR count). The number of nitrogens with zero attached hydrogens (tertiary/aromatic N) is 3. The summed E-state index contributed by atoms with van der Waals surface area (Å²) in [5.74, 6) is 0.659. The van der Waals surface area contributed by atoms with Gasteiger partial charge >= 0.3 is 6.18 Å². The molecule has 0 aliphatic rings. The largest absolute Gasteiger partial charge is 0.495 e. The summed E-state index contributed by atoms with van der Waals surface area (Å²) in [6.45, 7) is 2.01. The SMILES string of the molecule is COc1cc(Cc2c[nH]c3ncc(C)cc23)cnc1CCc1ccc(C(F)(F)F)nc1. The lowest BCUT2D eigenvalue weighted by Gasteiger charge is -2.10. The first kappa shape index (κ1) is 20.8. The summed E-state index contributed by atoms with van der Waals surface area (Å²) in [6.07, 6.45) is 4.15. The molecule has 0 atom stereocenters. The summed E-state index contributed by atoms with van der Waals surface area (Å²) >= 11 is 0. The lowest BCUT2D eigenvalue weighted by atomic mass is 10.0. The number of aromatic amines is 1. The van der Waals surface area contributed by atoms with Crippen molar-refractivity contribution >= 4 is 11.0 Å². The third-order valence-electron chi connectivity index (χ3n) is 5.12. The van der Waals surface area contributed by atoms with Gasteiger partial charge in [-0.1, -0.05) is 6.07 Å². The Labute approximate surface area is 177 Å². The zero-order valence-electron chi connectivity index (χ0n) is 17.1. The highest BCUT2D eigenvalue weighted by Gasteiger charge is 2.31. The fourth-order valence-corrected chi connectivity index (χ4v) is 3.51. The normalized spacial score (nSPS) is 11.8. The van der Waals surface area contributed by atoms with Crippen LogP contribution in [-0.2, 0) is 25.4 Å². The maximum absolute atomic E-state index is 12.7. The van der Waals surface area contributed by atoms with Crippen LogP contribution in [0.4, 0.5) is 13.2 Å². The van der Waals surface area contributed by atoms with E-state index in [9.17, 15) is 13.2 Å². The average Bonchev–Trinajstić information content (AvgIpc) is 3.14. The van der Waals surface area contributed by atoms with Gasteiger partial charge in [-0.05, 0) is 60.2 Å². The van der Waals surface area contributed by atoms with Gasteiger partial charge in [-0.2, -0.15) is 13.2 Å². The highest BCUT2D eigenvalue weighted by Crippen LogP contribution is 2.28. The quantitative estimate of drug-likeness (QED) is 0.468. The molecule has 4 aromatic rings. The third kappa shape index (κ3) is 4.68. The number of H-pyrrole nitrogens is 1. The lowest BCUT2D eigenvalue weighted by molar-refractivity contribution is -0.141. The Morgan fingerprint density at radius 1 is 0.968 bits per heavy atom. The number of fused-ring (bicyclic) bond motifs is 1. The van der Waals surface area contributed by atoms with E-state index in [2.05, 4.69) is 26.0 Å². The number of halogens is 3. The van der Waals surface area contributed by atoms with Gasteiger partial charge in [0.1, 0.15) is 17.1 Å². The summed E-state index contributed by atoms with van der Waals surface area (Å²) in [7, 11) is 1.59. The summed E-state index contributed by atoms with van der Waals surface area (Å²) < 4.78 is 43.5. The molecule has 4 heterocycles. The Morgan fingerprint density at radius 3 is 2.48 bits per heavy atom. The van der Waals surface area contributed by atoms with Crippen LogP contribution in [0.15, 0.2) is 49.1 Å². The zero-order valence-corrected chi connectivity index (χ0v) is 17.1. The van der Waals surface area contributed by atoms with Crippen LogP contribution in [0.3, 0.4) is 0 Å². The van der Waals surface area contributed by atoms with Gasteiger partial charge in [0.2, 0.25) is 0 Å². The van der Waals surface area contributed by atoms with Crippen molar-refractivity contribution in [2.24, 2.45) is 0 Å². The van der Waals surface area contributed by atoms with E-state index in [1.165, 1.54) is 12.3 Å². The molecule has 0 amide bonds. The highest BCUT2D eigenvalue weighted by atomic mass is 19.4. The smallest absolute Gasteiger partial charge is 0.433 e. The molecule has 0 fully saturated rings. The Balaban J connectivity index is 1.48. The minimum absolute atomic E-state index is 0.515. The Hall–Kier alpha value is -3.42. The number of aromatic nitrogens is 4. The molecule has 0 bridgehead atoms. The van der Waals surface area contributed by atoms with Gasteiger partial charge in [-0.3, -0.25) is 9.97 Å². The van der Waals surface area contributed by atoms with Crippen LogP contribution in [-0.4, -0.2) is 27.0 Å². The van der Waals surface area contributed by atoms with Crippen LogP contribution < -0.4 is 4.74 Å². The van der Waals surface area contributed by atoms with Crippen molar-refractivity contribution in [2.45, 2.75) is 32.4 Å². The first-order valence-corrected chi connectivity index (χ1v) is 9.80. The standard InChI is InChI=1S/C23H21F3N4O/c1-14-7-18-17(13-30-22(18)29-10-14)8-16-9-20(31-2)19(27-12-16)5-3-15-4-6-21(28-11-15)23(24,25)26/h4,6-7,9-13H,3,5,8H2,1-2H3,(H,29,30). The first-order valence-electron chi connectivity index (χ1n) is 9.80. The Bertz CT molecular complexity index is 1200. The molecule has 31 heavy (non-hydrogen) atoms. The molecule has 5 nitrogen and oxygen atoms in total. The number of alkyl halides is 3. The van der Waals surface area contributed by atoms with E-state index in [4.69, 9.17) is 4.74 Å². The maximum atomic E-state index is 12.7. The van der Waals surface area contributed by atoms with Crippen LogP contribution in [0.5, 0.6) is 5.75 Å². The molecule has 4 aromatic heterocycles. The lowest BCUT2D eigenvalue weighted by Crippen LogP contribution is -2.08. The van der Waals surface area contributed by atoms with Crippen LogP contribution in [0.1, 0.15) is 33.6 Å². The van der Waals surface area contributed by atoms with Crippen LogP contribution in [0.2, 0.25) is 0 Å². The second-order valence-electron chi connectivity index (χ2n) is 7.44. The van der Waals surface area contributed by atoms with E-state index in [-0.39, 0.29) is 0 Å². The molecule has 0 unspecified atom stereocenters. The molecule has 160 valence electrons. The Morgan fingerprint density at radius 2 is 1.77 bits per heavy atom. The van der Waals surface area contributed by atoms with Crippen molar-refractivity contribution in [2.75, 3.05) is 7.11 Å². The number of pyridine rings is 3. The van der Waals surface area contributed by atoms with Crippen LogP contribution in [0, 0.1) is 6.92 Å². The number of nitrogens with one attached hydrogen (secondary N) is 1. The molecule has 0 aliphatic heterocycles. The van der Waals surface area contributed by atoms with Gasteiger partial charge in [0, 0.05) is 36.6 Å². The molecule has 0 aliphatic carbocycles. The predicted octanol–water partition coefficient (Wildman–Crippen LogP) is 5.06. The summed E-state index contributed by atoms with van der Waals surface area (Å²) in [5.41, 5.74) is 4.64. The summed E-state index contributed by atoms with van der Waals surface area (Å²) in [5, 5.41) is 1.08. The maximum Gasteiger partial charge on any atom is 0.433 e. The molecule has 0 saturated carbocycles. The second kappa shape index (κ2) is 8.37. The van der Waals surface area contributed by atoms with E-state index < -0.39 is 11.9 Å².